The van der Waals surface area contributed by atoms with Crippen molar-refractivity contribution in [2.24, 2.45) is 0 Å². The zero-order valence-corrected chi connectivity index (χ0v) is 9.33. The second kappa shape index (κ2) is 4.13. The summed E-state index contributed by atoms with van der Waals surface area (Å²) in [5, 5.41) is 5.41. The van der Waals surface area contributed by atoms with E-state index in [0.29, 0.717) is 22.3 Å². The summed E-state index contributed by atoms with van der Waals surface area (Å²) in [6.45, 7) is 0.566. The van der Waals surface area contributed by atoms with Gasteiger partial charge >= 0.3 is 0 Å². The molecule has 2 rings (SSSR count). The molecule has 0 atom stereocenters. The normalized spacial score (nSPS) is 10.5. The summed E-state index contributed by atoms with van der Waals surface area (Å²) in [6, 6.07) is 5.35. The number of benzene rings is 1. The van der Waals surface area contributed by atoms with Gasteiger partial charge in [-0.15, -0.1) is 0 Å². The highest BCUT2D eigenvalue weighted by molar-refractivity contribution is 6.33. The molecule has 5 heteroatoms. The molecule has 0 aliphatic rings. The molecular weight excluding hydrogens is 233 g/mol. The molecule has 0 aliphatic carbocycles. The van der Waals surface area contributed by atoms with Crippen LogP contribution in [0.4, 0.5) is 5.69 Å². The van der Waals surface area contributed by atoms with Gasteiger partial charge in [0.25, 0.3) is 0 Å². The van der Waals surface area contributed by atoms with Gasteiger partial charge in [-0.2, -0.15) is 5.10 Å². The molecule has 0 unspecified atom stereocenters. The van der Waals surface area contributed by atoms with E-state index in [0.717, 1.165) is 5.56 Å². The number of anilines is 1. The van der Waals surface area contributed by atoms with Crippen molar-refractivity contribution in [2.45, 2.75) is 6.54 Å². The first-order chi connectivity index (χ1) is 7.15. The minimum Gasteiger partial charge on any atom is -0.396 e. The first-order valence-corrected chi connectivity index (χ1v) is 5.12. The number of hydrogen-bond donors (Lipinski definition) is 1. The third kappa shape index (κ3) is 2.43. The second-order valence-corrected chi connectivity index (χ2v) is 4.05. The Hall–Kier alpha value is -1.19. The highest BCUT2D eigenvalue weighted by atomic mass is 35.5. The van der Waals surface area contributed by atoms with Crippen molar-refractivity contribution in [3.8, 4) is 0 Å². The molecule has 2 N–H and O–H groups in total. The first kappa shape index (κ1) is 10.3. The van der Waals surface area contributed by atoms with Gasteiger partial charge in [0, 0.05) is 16.2 Å². The molecular formula is C10H9Cl2N3. The fourth-order valence-electron chi connectivity index (χ4n) is 1.31. The number of nitrogens with zero attached hydrogens (tertiary/aromatic N) is 2. The van der Waals surface area contributed by atoms with Crippen LogP contribution in [0.25, 0.3) is 0 Å². The number of halogens is 2. The molecule has 0 fully saturated rings. The van der Waals surface area contributed by atoms with E-state index in [4.69, 9.17) is 28.9 Å². The minimum atomic E-state index is 0.566. The Labute approximate surface area is 97.4 Å². The summed E-state index contributed by atoms with van der Waals surface area (Å²) in [5.41, 5.74) is 7.11. The molecule has 0 radical (unpaired) electrons. The number of nitrogen functional groups attached to an aromatic ring is 1. The number of hydrogen-bond acceptors (Lipinski definition) is 2. The Balaban J connectivity index is 2.27. The fraction of sp³-hybridized carbons (Fsp3) is 0.100. The van der Waals surface area contributed by atoms with Crippen molar-refractivity contribution in [3.63, 3.8) is 0 Å². The SMILES string of the molecule is Nc1cnn(Cc2cc(Cl)ccc2Cl)c1. The van der Waals surface area contributed by atoms with Crippen LogP contribution in [0.15, 0.2) is 30.6 Å². The van der Waals surface area contributed by atoms with Crippen LogP contribution in [0.2, 0.25) is 10.0 Å². The summed E-state index contributed by atoms with van der Waals surface area (Å²) >= 11 is 11.9. The van der Waals surface area contributed by atoms with Gasteiger partial charge in [0.2, 0.25) is 0 Å². The highest BCUT2D eigenvalue weighted by Crippen LogP contribution is 2.21. The second-order valence-electron chi connectivity index (χ2n) is 3.21. The lowest BCUT2D eigenvalue weighted by Gasteiger charge is -2.04. The highest BCUT2D eigenvalue weighted by Gasteiger charge is 2.03. The van der Waals surface area contributed by atoms with Crippen molar-refractivity contribution in [1.82, 2.24) is 9.78 Å². The maximum Gasteiger partial charge on any atom is 0.0719 e. The lowest BCUT2D eigenvalue weighted by Crippen LogP contribution is -2.00. The smallest absolute Gasteiger partial charge is 0.0719 e. The molecule has 0 aliphatic heterocycles. The molecule has 2 aromatic rings. The number of nitrogens with two attached hydrogens (primary N) is 1. The molecule has 1 aromatic heterocycles. The van der Waals surface area contributed by atoms with Gasteiger partial charge in [-0.1, -0.05) is 23.2 Å². The Morgan fingerprint density at radius 1 is 1.33 bits per heavy atom. The zero-order chi connectivity index (χ0) is 10.8. The average Bonchev–Trinajstić information content (AvgIpc) is 2.58. The Morgan fingerprint density at radius 3 is 2.80 bits per heavy atom. The monoisotopic (exact) mass is 241 g/mol. The maximum absolute atomic E-state index is 6.02. The lowest BCUT2D eigenvalue weighted by atomic mass is 10.2. The molecule has 0 amide bonds. The van der Waals surface area contributed by atoms with Gasteiger partial charge in [0.05, 0.1) is 18.4 Å². The van der Waals surface area contributed by atoms with Gasteiger partial charge < -0.3 is 5.73 Å². The summed E-state index contributed by atoms with van der Waals surface area (Å²) in [6.07, 6.45) is 3.34. The quantitative estimate of drug-likeness (QED) is 0.879. The molecule has 1 heterocycles. The first-order valence-electron chi connectivity index (χ1n) is 4.37. The average molecular weight is 242 g/mol. The Morgan fingerprint density at radius 2 is 2.13 bits per heavy atom. The van der Waals surface area contributed by atoms with Gasteiger partial charge in [0.1, 0.15) is 0 Å². The van der Waals surface area contributed by atoms with Gasteiger partial charge in [0.15, 0.2) is 0 Å². The standard InChI is InChI=1S/C10H9Cl2N3/c11-8-1-2-10(12)7(3-8)5-15-6-9(13)4-14-15/h1-4,6H,5,13H2. The maximum atomic E-state index is 6.02. The molecule has 0 saturated heterocycles. The summed E-state index contributed by atoms with van der Waals surface area (Å²) in [5.74, 6) is 0. The van der Waals surface area contributed by atoms with E-state index in [1.165, 1.54) is 0 Å². The fourth-order valence-corrected chi connectivity index (χ4v) is 1.68. The van der Waals surface area contributed by atoms with Crippen molar-refractivity contribution in [1.29, 1.82) is 0 Å². The minimum absolute atomic E-state index is 0.566. The van der Waals surface area contributed by atoms with Crippen molar-refractivity contribution in [2.75, 3.05) is 5.73 Å². The Kier molecular flexibility index (Phi) is 2.84. The van der Waals surface area contributed by atoms with Crippen LogP contribution in [0.1, 0.15) is 5.56 Å². The van der Waals surface area contributed by atoms with Crippen LogP contribution < -0.4 is 5.73 Å². The largest absolute Gasteiger partial charge is 0.396 e. The summed E-state index contributed by atoms with van der Waals surface area (Å²) < 4.78 is 1.72. The van der Waals surface area contributed by atoms with Crippen LogP contribution in [-0.2, 0) is 6.54 Å². The number of aromatic nitrogens is 2. The number of rotatable bonds is 2. The van der Waals surface area contributed by atoms with Gasteiger partial charge in [-0.05, 0) is 23.8 Å². The summed E-state index contributed by atoms with van der Waals surface area (Å²) in [7, 11) is 0. The predicted octanol–water partition coefficient (Wildman–Crippen LogP) is 2.82. The molecule has 0 spiro atoms. The zero-order valence-electron chi connectivity index (χ0n) is 7.82. The van der Waals surface area contributed by atoms with E-state index in [-0.39, 0.29) is 0 Å². The molecule has 3 nitrogen and oxygen atoms in total. The van der Waals surface area contributed by atoms with E-state index in [2.05, 4.69) is 5.10 Å². The third-order valence-corrected chi connectivity index (χ3v) is 2.60. The topological polar surface area (TPSA) is 43.8 Å². The molecule has 0 saturated carbocycles. The van der Waals surface area contributed by atoms with Crippen LogP contribution >= 0.6 is 23.2 Å². The molecule has 15 heavy (non-hydrogen) atoms. The van der Waals surface area contributed by atoms with Crippen LogP contribution in [-0.4, -0.2) is 9.78 Å². The van der Waals surface area contributed by atoms with Crippen LogP contribution in [0, 0.1) is 0 Å². The van der Waals surface area contributed by atoms with Crippen LogP contribution in [0.3, 0.4) is 0 Å². The van der Waals surface area contributed by atoms with E-state index in [1.54, 1.807) is 29.2 Å². The predicted molar refractivity (Wildman–Crippen MR) is 62.2 cm³/mol. The third-order valence-electron chi connectivity index (χ3n) is 1.99. The van der Waals surface area contributed by atoms with Crippen molar-refractivity contribution < 1.29 is 0 Å². The van der Waals surface area contributed by atoms with Crippen molar-refractivity contribution in [3.05, 3.63) is 46.2 Å². The van der Waals surface area contributed by atoms with E-state index in [1.807, 2.05) is 6.07 Å². The van der Waals surface area contributed by atoms with Crippen molar-refractivity contribution >= 4 is 28.9 Å². The van der Waals surface area contributed by atoms with E-state index in [9.17, 15) is 0 Å². The van der Waals surface area contributed by atoms with E-state index >= 15 is 0 Å². The van der Waals surface area contributed by atoms with E-state index < -0.39 is 0 Å². The van der Waals surface area contributed by atoms with Crippen LogP contribution in [0.5, 0.6) is 0 Å². The van der Waals surface area contributed by atoms with Gasteiger partial charge in [-0.25, -0.2) is 0 Å². The molecule has 78 valence electrons. The Bertz CT molecular complexity index is 479. The molecule has 1 aromatic carbocycles. The molecule has 0 bridgehead atoms. The summed E-state index contributed by atoms with van der Waals surface area (Å²) in [4.78, 5) is 0. The lowest BCUT2D eigenvalue weighted by molar-refractivity contribution is 0.687. The van der Waals surface area contributed by atoms with Gasteiger partial charge in [-0.3, -0.25) is 4.68 Å².